The molecule has 2 amide bonds. The van der Waals surface area contributed by atoms with E-state index in [4.69, 9.17) is 0 Å². The van der Waals surface area contributed by atoms with Crippen molar-refractivity contribution in [3.05, 3.63) is 101 Å². The number of carbonyl (C=O) groups is 2. The van der Waals surface area contributed by atoms with Crippen molar-refractivity contribution in [2.75, 3.05) is 5.75 Å². The molecule has 5 heteroatoms. The van der Waals surface area contributed by atoms with Gasteiger partial charge in [-0.15, -0.1) is 11.8 Å². The Bertz CT molecular complexity index is 1140. The van der Waals surface area contributed by atoms with Gasteiger partial charge in [0.2, 0.25) is 11.8 Å². The molecule has 194 valence electrons. The molecule has 4 nitrogen and oxygen atoms in total. The molecule has 0 aromatic heterocycles. The number of benzene rings is 3. The minimum absolute atomic E-state index is 0.0223. The average molecular weight is 515 g/mol. The monoisotopic (exact) mass is 514 g/mol. The van der Waals surface area contributed by atoms with Crippen molar-refractivity contribution in [2.24, 2.45) is 0 Å². The third-order valence-corrected chi connectivity index (χ3v) is 8.08. The van der Waals surface area contributed by atoms with Gasteiger partial charge >= 0.3 is 0 Å². The Labute approximate surface area is 225 Å². The number of thioether (sulfide) groups is 1. The largest absolute Gasteiger partial charge is 0.352 e. The Morgan fingerprint density at radius 1 is 0.838 bits per heavy atom. The van der Waals surface area contributed by atoms with Crippen LogP contribution in [0.3, 0.4) is 0 Å². The highest BCUT2D eigenvalue weighted by molar-refractivity contribution is 8.00. The van der Waals surface area contributed by atoms with Crippen molar-refractivity contribution >= 4 is 23.6 Å². The predicted molar refractivity (Wildman–Crippen MR) is 153 cm³/mol. The summed E-state index contributed by atoms with van der Waals surface area (Å²) in [4.78, 5) is 30.5. The molecule has 1 saturated carbocycles. The summed E-state index contributed by atoms with van der Waals surface area (Å²) in [5.41, 5.74) is 4.45. The molecule has 1 aliphatic carbocycles. The van der Waals surface area contributed by atoms with Crippen molar-refractivity contribution in [3.8, 4) is 0 Å². The summed E-state index contributed by atoms with van der Waals surface area (Å²) in [7, 11) is 0. The van der Waals surface area contributed by atoms with Gasteiger partial charge in [0.25, 0.3) is 0 Å². The zero-order valence-corrected chi connectivity index (χ0v) is 22.8. The van der Waals surface area contributed by atoms with Crippen LogP contribution < -0.4 is 5.32 Å². The smallest absolute Gasteiger partial charge is 0.243 e. The van der Waals surface area contributed by atoms with Gasteiger partial charge in [0.1, 0.15) is 6.04 Å². The van der Waals surface area contributed by atoms with Crippen LogP contribution in [0.4, 0.5) is 0 Å². The quantitative estimate of drug-likeness (QED) is 0.315. The first-order valence-corrected chi connectivity index (χ1v) is 14.4. The molecule has 1 atom stereocenters. The first kappa shape index (κ1) is 27.0. The molecule has 4 rings (SSSR count). The van der Waals surface area contributed by atoms with Gasteiger partial charge in [0, 0.05) is 23.9 Å². The topological polar surface area (TPSA) is 49.4 Å². The lowest BCUT2D eigenvalue weighted by Gasteiger charge is -2.33. The van der Waals surface area contributed by atoms with Crippen LogP contribution in [0.1, 0.15) is 54.4 Å². The normalized spacial score (nSPS) is 14.6. The molecule has 1 N–H and O–H groups in total. The van der Waals surface area contributed by atoms with Crippen LogP contribution in [0.15, 0.2) is 83.8 Å². The van der Waals surface area contributed by atoms with Crippen LogP contribution in [-0.4, -0.2) is 34.6 Å². The van der Waals surface area contributed by atoms with E-state index in [1.165, 1.54) is 29.3 Å². The molecule has 0 spiro atoms. The first-order valence-electron chi connectivity index (χ1n) is 13.4. The SMILES string of the molecule is Cc1ccc(CN(C(=O)CSc2ccc(C)cc2)C(Cc2ccccc2)C(=O)NC2CCCCC2)cc1. The second-order valence-corrected chi connectivity index (χ2v) is 11.2. The second-order valence-electron chi connectivity index (χ2n) is 10.2. The van der Waals surface area contributed by atoms with Crippen LogP contribution >= 0.6 is 11.8 Å². The fourth-order valence-electron chi connectivity index (χ4n) is 4.85. The Morgan fingerprint density at radius 3 is 2.11 bits per heavy atom. The van der Waals surface area contributed by atoms with Gasteiger partial charge in [-0.05, 0) is 49.9 Å². The van der Waals surface area contributed by atoms with Gasteiger partial charge in [-0.3, -0.25) is 9.59 Å². The molecule has 1 unspecified atom stereocenters. The Kier molecular flexibility index (Phi) is 9.84. The number of carbonyl (C=O) groups excluding carboxylic acids is 2. The number of rotatable bonds is 10. The molecule has 0 aliphatic heterocycles. The lowest BCUT2D eigenvalue weighted by atomic mass is 9.94. The van der Waals surface area contributed by atoms with Crippen molar-refractivity contribution in [1.29, 1.82) is 0 Å². The van der Waals surface area contributed by atoms with Gasteiger partial charge in [-0.1, -0.05) is 97.1 Å². The van der Waals surface area contributed by atoms with E-state index in [-0.39, 0.29) is 23.6 Å². The number of hydrogen-bond acceptors (Lipinski definition) is 3. The Hall–Kier alpha value is -3.05. The maximum atomic E-state index is 13.8. The first-order chi connectivity index (χ1) is 18.0. The van der Waals surface area contributed by atoms with E-state index >= 15 is 0 Å². The lowest BCUT2D eigenvalue weighted by Crippen LogP contribution is -2.53. The van der Waals surface area contributed by atoms with Crippen molar-refractivity contribution < 1.29 is 9.59 Å². The molecule has 0 radical (unpaired) electrons. The fourth-order valence-corrected chi connectivity index (χ4v) is 5.64. The summed E-state index contributed by atoms with van der Waals surface area (Å²) in [6, 6.07) is 26.1. The maximum Gasteiger partial charge on any atom is 0.243 e. The van der Waals surface area contributed by atoms with Crippen LogP contribution in [0.25, 0.3) is 0 Å². The van der Waals surface area contributed by atoms with Crippen molar-refractivity contribution in [2.45, 2.75) is 75.9 Å². The molecule has 3 aromatic carbocycles. The van der Waals surface area contributed by atoms with E-state index in [2.05, 4.69) is 67.7 Å². The third kappa shape index (κ3) is 8.22. The molecule has 37 heavy (non-hydrogen) atoms. The summed E-state index contributed by atoms with van der Waals surface area (Å²) in [5.74, 6) is 0.221. The maximum absolute atomic E-state index is 13.8. The molecule has 0 heterocycles. The van der Waals surface area contributed by atoms with Crippen LogP contribution in [0.5, 0.6) is 0 Å². The zero-order valence-electron chi connectivity index (χ0n) is 22.0. The number of amides is 2. The summed E-state index contributed by atoms with van der Waals surface area (Å²) in [6.45, 7) is 4.52. The molecular formula is C32H38N2O2S. The van der Waals surface area contributed by atoms with Crippen LogP contribution in [0.2, 0.25) is 0 Å². The van der Waals surface area contributed by atoms with E-state index in [9.17, 15) is 9.59 Å². The van der Waals surface area contributed by atoms with Gasteiger partial charge in [-0.25, -0.2) is 0 Å². The van der Waals surface area contributed by atoms with Gasteiger partial charge in [-0.2, -0.15) is 0 Å². The number of nitrogens with zero attached hydrogens (tertiary/aromatic N) is 1. The Morgan fingerprint density at radius 2 is 1.46 bits per heavy atom. The van der Waals surface area contributed by atoms with E-state index in [0.717, 1.165) is 41.7 Å². The van der Waals surface area contributed by atoms with Gasteiger partial charge in [0.05, 0.1) is 5.75 Å². The fraction of sp³-hybridized carbons (Fsp3) is 0.375. The number of aryl methyl sites for hydroxylation is 2. The van der Waals surface area contributed by atoms with Crippen molar-refractivity contribution in [1.82, 2.24) is 10.2 Å². The molecule has 1 aliphatic rings. The standard InChI is InChI=1S/C32H38N2O2S/c1-24-13-17-27(18-14-24)22-34(31(35)23-37-29-19-15-25(2)16-20-29)30(21-26-9-5-3-6-10-26)32(36)33-28-11-7-4-8-12-28/h3,5-6,9-10,13-20,28,30H,4,7-8,11-12,21-23H2,1-2H3,(H,33,36). The van der Waals surface area contributed by atoms with E-state index in [1.807, 2.05) is 30.3 Å². The van der Waals surface area contributed by atoms with E-state index in [0.29, 0.717) is 13.0 Å². The second kappa shape index (κ2) is 13.5. The Balaban J connectivity index is 1.59. The number of nitrogens with one attached hydrogen (secondary N) is 1. The highest BCUT2D eigenvalue weighted by Crippen LogP contribution is 2.23. The molecule has 3 aromatic rings. The van der Waals surface area contributed by atoms with E-state index in [1.54, 1.807) is 4.90 Å². The molecule has 0 saturated heterocycles. The van der Waals surface area contributed by atoms with E-state index < -0.39 is 6.04 Å². The average Bonchev–Trinajstić information content (AvgIpc) is 2.92. The van der Waals surface area contributed by atoms with Gasteiger partial charge < -0.3 is 10.2 Å². The number of hydrogen-bond donors (Lipinski definition) is 1. The summed E-state index contributed by atoms with van der Waals surface area (Å²) < 4.78 is 0. The van der Waals surface area contributed by atoms with Crippen molar-refractivity contribution in [3.63, 3.8) is 0 Å². The minimum atomic E-state index is -0.572. The summed E-state index contributed by atoms with van der Waals surface area (Å²) >= 11 is 1.53. The summed E-state index contributed by atoms with van der Waals surface area (Å²) in [5, 5.41) is 3.31. The summed E-state index contributed by atoms with van der Waals surface area (Å²) in [6.07, 6.45) is 6.04. The molecule has 1 fully saturated rings. The third-order valence-electron chi connectivity index (χ3n) is 7.08. The lowest BCUT2D eigenvalue weighted by molar-refractivity contribution is -0.139. The molecular weight excluding hydrogens is 476 g/mol. The highest BCUT2D eigenvalue weighted by atomic mass is 32.2. The van der Waals surface area contributed by atoms with Crippen LogP contribution in [0, 0.1) is 13.8 Å². The highest BCUT2D eigenvalue weighted by Gasteiger charge is 2.31. The van der Waals surface area contributed by atoms with Gasteiger partial charge in [0.15, 0.2) is 0 Å². The van der Waals surface area contributed by atoms with Crippen LogP contribution in [-0.2, 0) is 22.6 Å². The molecule has 0 bridgehead atoms. The minimum Gasteiger partial charge on any atom is -0.352 e. The predicted octanol–water partition coefficient (Wildman–Crippen LogP) is 6.48. The zero-order chi connectivity index (χ0) is 26.0.